The number of rotatable bonds is 15. The van der Waals surface area contributed by atoms with Crippen LogP contribution in [0, 0.1) is 0 Å². The summed E-state index contributed by atoms with van der Waals surface area (Å²) in [7, 11) is 1.73. The molecule has 0 fully saturated rings. The Hall–Kier alpha value is -3.02. The number of allylic oxidation sites excluding steroid dienone is 1. The van der Waals surface area contributed by atoms with Crippen molar-refractivity contribution < 1.29 is 34.5 Å². The third-order valence-electron chi connectivity index (χ3n) is 3.56. The van der Waals surface area contributed by atoms with E-state index in [1.807, 2.05) is 6.92 Å². The van der Waals surface area contributed by atoms with Gasteiger partial charge in [0.25, 0.3) is 0 Å². The molecular formula is C16H29N5O7. The molecule has 0 saturated heterocycles. The van der Waals surface area contributed by atoms with E-state index in [2.05, 4.69) is 26.8 Å². The fourth-order valence-electron chi connectivity index (χ4n) is 2.17. The van der Waals surface area contributed by atoms with E-state index in [4.69, 9.17) is 10.2 Å². The summed E-state index contributed by atoms with van der Waals surface area (Å²) in [5.74, 6) is -3.84. The molecule has 28 heavy (non-hydrogen) atoms. The molecule has 0 aromatic carbocycles. The van der Waals surface area contributed by atoms with E-state index in [0.717, 1.165) is 5.70 Å². The van der Waals surface area contributed by atoms with Gasteiger partial charge in [-0.3, -0.25) is 4.79 Å². The maximum Gasteiger partial charge on any atom is 0.326 e. The quantitative estimate of drug-likeness (QED) is 0.129. The number of unbranched alkanes of at least 4 members (excludes halogenated alkanes) is 1. The molecule has 160 valence electrons. The minimum atomic E-state index is -1.42. The van der Waals surface area contributed by atoms with Crippen LogP contribution in [0.2, 0.25) is 0 Å². The second-order valence-electron chi connectivity index (χ2n) is 5.98. The molecule has 0 unspecified atom stereocenters. The summed E-state index contributed by atoms with van der Waals surface area (Å²) in [4.78, 5) is 44.7. The van der Waals surface area contributed by atoms with Gasteiger partial charge in [-0.2, -0.15) is 0 Å². The van der Waals surface area contributed by atoms with Gasteiger partial charge in [0.1, 0.15) is 12.1 Å². The molecule has 8 N–H and O–H groups in total. The maximum absolute atomic E-state index is 11.9. The van der Waals surface area contributed by atoms with Crippen molar-refractivity contribution in [2.75, 3.05) is 13.6 Å². The van der Waals surface area contributed by atoms with Crippen LogP contribution in [-0.2, 0) is 14.4 Å². The Bertz CT molecular complexity index is 568. The number of carbonyl (C=O) groups excluding carboxylic acids is 1. The molecule has 0 aromatic rings. The number of amides is 2. The first kappa shape index (κ1) is 25.0. The van der Waals surface area contributed by atoms with Gasteiger partial charge in [-0.15, -0.1) is 0 Å². The van der Waals surface area contributed by atoms with Gasteiger partial charge in [-0.05, 0) is 32.6 Å². The molecule has 0 spiro atoms. The number of hydrazine groups is 1. The van der Waals surface area contributed by atoms with Crippen molar-refractivity contribution in [3.8, 4) is 0 Å². The average Bonchev–Trinajstić information content (AvgIpc) is 2.60. The molecule has 0 saturated carbocycles. The number of hydrogen-bond acceptors (Lipinski definition) is 7. The molecule has 2 atom stereocenters. The molecule has 0 aliphatic heterocycles. The van der Waals surface area contributed by atoms with E-state index in [1.54, 1.807) is 13.2 Å². The van der Waals surface area contributed by atoms with E-state index >= 15 is 0 Å². The highest BCUT2D eigenvalue weighted by Gasteiger charge is 2.24. The number of nitrogens with one attached hydrogen (secondary N) is 5. The van der Waals surface area contributed by atoms with Gasteiger partial charge < -0.3 is 36.7 Å². The second-order valence-corrected chi connectivity index (χ2v) is 5.98. The van der Waals surface area contributed by atoms with Crippen molar-refractivity contribution >= 4 is 23.9 Å². The molecule has 0 radical (unpaired) electrons. The molecule has 0 aliphatic rings. The molecule has 12 heteroatoms. The van der Waals surface area contributed by atoms with Crippen molar-refractivity contribution in [3.63, 3.8) is 0 Å². The van der Waals surface area contributed by atoms with Crippen LogP contribution in [0.25, 0.3) is 0 Å². The van der Waals surface area contributed by atoms with Crippen LogP contribution in [0.15, 0.2) is 11.9 Å². The van der Waals surface area contributed by atoms with E-state index < -0.39 is 42.4 Å². The van der Waals surface area contributed by atoms with Crippen LogP contribution < -0.4 is 26.8 Å². The smallest absolute Gasteiger partial charge is 0.326 e. The Morgan fingerprint density at radius 1 is 0.929 bits per heavy atom. The van der Waals surface area contributed by atoms with Crippen molar-refractivity contribution in [2.24, 2.45) is 0 Å². The van der Waals surface area contributed by atoms with Crippen LogP contribution in [0.4, 0.5) is 4.79 Å². The zero-order valence-corrected chi connectivity index (χ0v) is 15.9. The lowest BCUT2D eigenvalue weighted by molar-refractivity contribution is -0.140. The van der Waals surface area contributed by atoms with Crippen LogP contribution in [-0.4, -0.2) is 64.9 Å². The zero-order chi connectivity index (χ0) is 21.5. The standard InChI is InChI=1S/C16H29N5O7/c1-10(21-17-2)9-18-8-4-3-5-11(14(24)25)19-16(28)20-12(15(26)27)6-7-13(22)23/h9,11-12,17-18,21H,3-8H2,1-2H3,(H,22,23)(H,24,25)(H,26,27)(H2,19,20,28)/b10-9-/t11-,12+/m0/s1. The van der Waals surface area contributed by atoms with Gasteiger partial charge in [0, 0.05) is 31.9 Å². The lowest BCUT2D eigenvalue weighted by Gasteiger charge is -2.18. The number of carbonyl (C=O) groups is 4. The van der Waals surface area contributed by atoms with Crippen LogP contribution >= 0.6 is 0 Å². The number of urea groups is 1. The Kier molecular flexibility index (Phi) is 12.6. The summed E-state index contributed by atoms with van der Waals surface area (Å²) in [5, 5.41) is 34.1. The molecule has 0 bridgehead atoms. The summed E-state index contributed by atoms with van der Waals surface area (Å²) in [6.45, 7) is 2.46. The fourth-order valence-corrected chi connectivity index (χ4v) is 2.17. The Labute approximate surface area is 162 Å². The van der Waals surface area contributed by atoms with Gasteiger partial charge >= 0.3 is 23.9 Å². The first-order chi connectivity index (χ1) is 13.2. The third kappa shape index (κ3) is 12.4. The predicted octanol–water partition coefficient (Wildman–Crippen LogP) is -0.598. The van der Waals surface area contributed by atoms with E-state index in [0.29, 0.717) is 19.4 Å². The monoisotopic (exact) mass is 403 g/mol. The summed E-state index contributed by atoms with van der Waals surface area (Å²) in [5.41, 5.74) is 6.51. The van der Waals surface area contributed by atoms with Crippen molar-refractivity contribution in [1.82, 2.24) is 26.8 Å². The Morgan fingerprint density at radius 3 is 2.00 bits per heavy atom. The summed E-state index contributed by atoms with van der Waals surface area (Å²) in [6, 6.07) is -3.58. The maximum atomic E-state index is 11.9. The summed E-state index contributed by atoms with van der Waals surface area (Å²) in [6.07, 6.45) is 2.35. The first-order valence-electron chi connectivity index (χ1n) is 8.74. The summed E-state index contributed by atoms with van der Waals surface area (Å²) >= 11 is 0. The zero-order valence-electron chi connectivity index (χ0n) is 15.9. The van der Waals surface area contributed by atoms with Gasteiger partial charge in [0.2, 0.25) is 0 Å². The largest absolute Gasteiger partial charge is 0.481 e. The van der Waals surface area contributed by atoms with Crippen molar-refractivity contribution in [3.05, 3.63) is 11.9 Å². The Morgan fingerprint density at radius 2 is 1.50 bits per heavy atom. The molecule has 0 rings (SSSR count). The first-order valence-corrected chi connectivity index (χ1v) is 8.74. The molecule has 0 aliphatic carbocycles. The van der Waals surface area contributed by atoms with E-state index in [-0.39, 0.29) is 12.8 Å². The van der Waals surface area contributed by atoms with Crippen LogP contribution in [0.1, 0.15) is 39.0 Å². The highest BCUT2D eigenvalue weighted by Crippen LogP contribution is 2.03. The van der Waals surface area contributed by atoms with Crippen molar-refractivity contribution in [1.29, 1.82) is 0 Å². The predicted molar refractivity (Wildman–Crippen MR) is 99.2 cm³/mol. The number of carboxylic acid groups (broad SMARTS) is 3. The molecule has 0 heterocycles. The molecular weight excluding hydrogens is 374 g/mol. The highest BCUT2D eigenvalue weighted by atomic mass is 16.4. The Balaban J connectivity index is 4.35. The average molecular weight is 403 g/mol. The number of carboxylic acids is 3. The molecule has 0 aromatic heterocycles. The number of aliphatic carboxylic acids is 3. The third-order valence-corrected chi connectivity index (χ3v) is 3.56. The SMILES string of the molecule is CNN/C(C)=C\NCCCC[C@H](NC(=O)N[C@H](CCC(=O)O)C(=O)O)C(=O)O. The van der Waals surface area contributed by atoms with Gasteiger partial charge in [0.05, 0.1) is 0 Å². The molecule has 2 amide bonds. The normalized spacial score (nSPS) is 13.1. The van der Waals surface area contributed by atoms with Crippen LogP contribution in [0.3, 0.4) is 0 Å². The second kappa shape index (κ2) is 14.1. The molecule has 12 nitrogen and oxygen atoms in total. The number of hydrogen-bond donors (Lipinski definition) is 8. The fraction of sp³-hybridized carbons (Fsp3) is 0.625. The topological polar surface area (TPSA) is 189 Å². The highest BCUT2D eigenvalue weighted by molar-refractivity contribution is 5.86. The lowest BCUT2D eigenvalue weighted by Crippen LogP contribution is -2.51. The van der Waals surface area contributed by atoms with Crippen molar-refractivity contribution in [2.45, 2.75) is 51.1 Å². The van der Waals surface area contributed by atoms with E-state index in [1.165, 1.54) is 0 Å². The van der Waals surface area contributed by atoms with Gasteiger partial charge in [-0.1, -0.05) is 0 Å². The van der Waals surface area contributed by atoms with E-state index in [9.17, 15) is 24.3 Å². The van der Waals surface area contributed by atoms with Gasteiger partial charge in [-0.25, -0.2) is 19.8 Å². The van der Waals surface area contributed by atoms with Gasteiger partial charge in [0.15, 0.2) is 0 Å². The van der Waals surface area contributed by atoms with Crippen LogP contribution in [0.5, 0.6) is 0 Å². The summed E-state index contributed by atoms with van der Waals surface area (Å²) < 4.78 is 0. The minimum absolute atomic E-state index is 0.161. The lowest BCUT2D eigenvalue weighted by atomic mass is 10.1. The minimum Gasteiger partial charge on any atom is -0.481 e.